The minimum absolute atomic E-state index is 1.07. The number of rotatable bonds is 0. The summed E-state index contributed by atoms with van der Waals surface area (Å²) >= 11 is 0. The normalized spacial score (nSPS) is 8.71. The Morgan fingerprint density at radius 1 is 1.43 bits per heavy atom. The largest absolute Gasteiger partial charge is 0.262 e. The van der Waals surface area contributed by atoms with Crippen LogP contribution in [0, 0.1) is 6.92 Å². The molecule has 0 fully saturated rings. The van der Waals surface area contributed by atoms with Gasteiger partial charge in [-0.2, -0.15) is 0 Å². The van der Waals surface area contributed by atoms with Gasteiger partial charge < -0.3 is 0 Å². The molecular weight excluding hydrogens is 87.1 g/mol. The Morgan fingerprint density at radius 2 is 2.29 bits per heavy atom. The van der Waals surface area contributed by atoms with Crippen molar-refractivity contribution < 1.29 is 0 Å². The lowest BCUT2D eigenvalue weighted by Gasteiger charge is -1.82. The summed E-state index contributed by atoms with van der Waals surface area (Å²) in [7, 11) is 0. The molecule has 0 unspecified atom stereocenters. The summed E-state index contributed by atoms with van der Waals surface area (Å²) < 4.78 is 0. The van der Waals surface area contributed by atoms with Crippen LogP contribution in [0.1, 0.15) is 5.69 Å². The molecule has 0 N–H and O–H groups in total. The molecule has 7 heavy (non-hydrogen) atoms. The van der Waals surface area contributed by atoms with Crippen LogP contribution in [0.2, 0.25) is 0 Å². The minimum Gasteiger partial charge on any atom is -0.262 e. The summed E-state index contributed by atoms with van der Waals surface area (Å²) in [6.07, 6.45) is 1.79. The van der Waals surface area contributed by atoms with E-state index in [1.165, 1.54) is 0 Å². The number of aromatic nitrogens is 1. The molecule has 1 nitrogen and oxygen atoms in total. The van der Waals surface area contributed by atoms with E-state index >= 15 is 0 Å². The fraction of sp³-hybridized carbons (Fsp3) is 0.167. The zero-order valence-electron chi connectivity index (χ0n) is 4.26. The smallest absolute Gasteiger partial charge is 0.0372 e. The van der Waals surface area contributed by atoms with E-state index in [9.17, 15) is 0 Å². The molecule has 0 saturated carbocycles. The van der Waals surface area contributed by atoms with Crippen LogP contribution >= 0.6 is 0 Å². The van der Waals surface area contributed by atoms with Crippen molar-refractivity contribution in [2.75, 3.05) is 0 Å². The summed E-state index contributed by atoms with van der Waals surface area (Å²) in [4.78, 5) is 3.98. The van der Waals surface area contributed by atoms with Gasteiger partial charge in [0.25, 0.3) is 0 Å². The van der Waals surface area contributed by atoms with Crippen LogP contribution in [-0.2, 0) is 0 Å². The molecule has 0 aliphatic heterocycles. The Balaban J connectivity index is 3.02. The Bertz CT molecular complexity index is 134. The highest BCUT2D eigenvalue weighted by atomic mass is 15.4. The van der Waals surface area contributed by atoms with Gasteiger partial charge in [-0.3, -0.25) is 4.98 Å². The maximum Gasteiger partial charge on any atom is 0.0372 e. The summed E-state index contributed by atoms with van der Waals surface area (Å²) in [6.45, 7) is 1.97. The molecule has 1 heterocycles. The average molecular weight is 94.1 g/mol. The van der Waals surface area contributed by atoms with E-state index in [-0.39, 0.29) is 0 Å². The van der Waals surface area contributed by atoms with Gasteiger partial charge in [0.05, 0.1) is 0 Å². The second-order valence-electron chi connectivity index (χ2n) is 1.47. The maximum atomic E-state index is 3.98. The van der Waals surface area contributed by atoms with Crippen LogP contribution in [0.3, 0.4) is 0 Å². The van der Waals surface area contributed by atoms with Crippen LogP contribution in [0.25, 0.3) is 0 Å². The molecule has 0 spiro atoms. The molecule has 1 aromatic heterocycles. The molecule has 0 aromatic carbocycles. The van der Waals surface area contributed by atoms with Crippen LogP contribution in [-0.4, -0.2) is 4.98 Å². The van der Waals surface area contributed by atoms with E-state index in [2.05, 4.69) is 4.98 Å². The van der Waals surface area contributed by atoms with Gasteiger partial charge in [-0.25, -0.2) is 0 Å². The van der Waals surface area contributed by atoms with E-state index in [0.717, 1.165) is 5.69 Å². The number of pyridine rings is 1. The average Bonchev–Trinajstić information content (AvgIpc) is 1.69. The highest BCUT2D eigenvalue weighted by Gasteiger charge is 1.73. The molecule has 1 aromatic rings. The van der Waals surface area contributed by atoms with Gasteiger partial charge in [0.2, 0.25) is 0 Å². The predicted molar refractivity (Wildman–Crippen MR) is 29.0 cm³/mol. The van der Waals surface area contributed by atoms with Crippen molar-refractivity contribution in [3.8, 4) is 0 Å². The maximum absolute atomic E-state index is 3.98. The Morgan fingerprint density at radius 3 is 2.57 bits per heavy atom. The molecule has 0 atom stereocenters. The van der Waals surface area contributed by atoms with Gasteiger partial charge in [-0.1, -0.05) is 6.07 Å². The summed E-state index contributed by atoms with van der Waals surface area (Å²) in [6, 6.07) is 5.86. The molecule has 1 heteroatoms. The number of nitrogens with zero attached hydrogens (tertiary/aromatic N) is 1. The van der Waals surface area contributed by atoms with Crippen molar-refractivity contribution in [2.45, 2.75) is 6.92 Å². The Hall–Kier alpha value is -0.850. The second kappa shape index (κ2) is 1.73. The fourth-order valence-electron chi connectivity index (χ4n) is 0.448. The minimum atomic E-state index is 1.07. The lowest BCUT2D eigenvalue weighted by Crippen LogP contribution is -1.72. The summed E-state index contributed by atoms with van der Waals surface area (Å²) in [5, 5.41) is 0. The van der Waals surface area contributed by atoms with Crippen LogP contribution in [0.5, 0.6) is 0 Å². The molecule has 36 valence electrons. The van der Waals surface area contributed by atoms with E-state index in [1.807, 2.05) is 25.1 Å². The monoisotopic (exact) mass is 94.1 g/mol. The van der Waals surface area contributed by atoms with Crippen LogP contribution < -0.4 is 0 Å². The summed E-state index contributed by atoms with van der Waals surface area (Å²) in [5.74, 6) is 0. The number of hydrogen-bond acceptors (Lipinski definition) is 1. The quantitative estimate of drug-likeness (QED) is 0.473. The molecule has 0 amide bonds. The molecular formula is C6H7N. The topological polar surface area (TPSA) is 12.9 Å². The fourth-order valence-corrected chi connectivity index (χ4v) is 0.448. The van der Waals surface area contributed by atoms with E-state index in [1.54, 1.807) is 6.20 Å². The van der Waals surface area contributed by atoms with Gasteiger partial charge >= 0.3 is 0 Å². The van der Waals surface area contributed by atoms with Gasteiger partial charge in [-0.15, -0.1) is 0 Å². The van der Waals surface area contributed by atoms with Crippen molar-refractivity contribution in [3.05, 3.63) is 30.1 Å². The van der Waals surface area contributed by atoms with Crippen LogP contribution in [0.15, 0.2) is 24.4 Å². The lowest BCUT2D eigenvalue weighted by molar-refractivity contribution is 1.20. The predicted octanol–water partition coefficient (Wildman–Crippen LogP) is 1.39. The van der Waals surface area contributed by atoms with E-state index in [4.69, 9.17) is 0 Å². The van der Waals surface area contributed by atoms with Crippen molar-refractivity contribution in [1.29, 1.82) is 0 Å². The molecule has 0 saturated heterocycles. The third-order valence-corrected chi connectivity index (χ3v) is 0.813. The first-order chi connectivity index (χ1) is 3.39. The standard InChI is InChI=1S/C6H7N/c1-6-4-2-3-5-7-6/h2-5H,1H3/i7+1. The molecule has 0 aliphatic rings. The summed E-state index contributed by atoms with van der Waals surface area (Å²) in [5.41, 5.74) is 1.07. The van der Waals surface area contributed by atoms with Crippen molar-refractivity contribution >= 4 is 0 Å². The van der Waals surface area contributed by atoms with E-state index in [0.29, 0.717) is 0 Å². The zero-order chi connectivity index (χ0) is 5.11. The Labute approximate surface area is 43.0 Å². The molecule has 0 aliphatic carbocycles. The van der Waals surface area contributed by atoms with Gasteiger partial charge in [0, 0.05) is 11.9 Å². The van der Waals surface area contributed by atoms with E-state index < -0.39 is 0 Å². The highest BCUT2D eigenvalue weighted by molar-refractivity contribution is 4.99. The number of aryl methyl sites for hydroxylation is 1. The highest BCUT2D eigenvalue weighted by Crippen LogP contribution is 1.85. The first kappa shape index (κ1) is 4.31. The zero-order valence-corrected chi connectivity index (χ0v) is 4.26. The molecule has 1 rings (SSSR count). The van der Waals surface area contributed by atoms with Crippen LogP contribution in [0.4, 0.5) is 0 Å². The van der Waals surface area contributed by atoms with Gasteiger partial charge in [0.1, 0.15) is 0 Å². The number of hydrogen-bond donors (Lipinski definition) is 0. The third kappa shape index (κ3) is 1.000. The van der Waals surface area contributed by atoms with Crippen molar-refractivity contribution in [3.63, 3.8) is 0 Å². The van der Waals surface area contributed by atoms with Gasteiger partial charge in [-0.05, 0) is 19.1 Å². The first-order valence-corrected chi connectivity index (χ1v) is 2.27. The second-order valence-corrected chi connectivity index (χ2v) is 1.47. The Kier molecular flexibility index (Phi) is 1.07. The molecule has 0 radical (unpaired) electrons. The first-order valence-electron chi connectivity index (χ1n) is 2.27. The van der Waals surface area contributed by atoms with Gasteiger partial charge in [0.15, 0.2) is 0 Å². The van der Waals surface area contributed by atoms with Crippen molar-refractivity contribution in [2.24, 2.45) is 0 Å². The third-order valence-electron chi connectivity index (χ3n) is 0.813. The lowest BCUT2D eigenvalue weighted by atomic mass is 10.4. The SMILES string of the molecule is Cc1cccc[15n]1. The molecule has 0 bridgehead atoms. The van der Waals surface area contributed by atoms with Crippen molar-refractivity contribution in [1.82, 2.24) is 4.98 Å².